The molecule has 5 aromatic rings. The van der Waals surface area contributed by atoms with Gasteiger partial charge in [0, 0.05) is 73.7 Å². The minimum atomic E-state index is -4.61. The molecule has 0 unspecified atom stereocenters. The Balaban J connectivity index is 0.979. The van der Waals surface area contributed by atoms with Crippen LogP contribution in [0.15, 0.2) is 95.7 Å². The molecule has 2 fully saturated rings. The number of benzene rings is 3. The first-order valence-electron chi connectivity index (χ1n) is 21.7. The number of allylic oxidation sites excluding steroid dienone is 1. The van der Waals surface area contributed by atoms with Gasteiger partial charge in [0.2, 0.25) is 0 Å². The number of carbonyl (C=O) groups is 1. The van der Waals surface area contributed by atoms with Crippen molar-refractivity contribution in [2.24, 2.45) is 11.3 Å². The maximum Gasteiger partial charge on any atom is 0.293 e. The fraction of sp³-hybridized carbons (Fsp3) is 0.391. The topological polar surface area (TPSA) is 200 Å². The average molecular weight is 946 g/mol. The molecular weight excluding hydrogens is 892 g/mol. The fourth-order valence-electron chi connectivity index (χ4n) is 8.94. The lowest BCUT2D eigenvalue weighted by Gasteiger charge is -2.39. The number of halogens is 1. The summed E-state index contributed by atoms with van der Waals surface area (Å²) in [5.74, 6) is -0.405. The number of nitro groups is 1. The molecule has 0 spiro atoms. The van der Waals surface area contributed by atoms with Crippen molar-refractivity contribution in [3.8, 4) is 11.5 Å². The van der Waals surface area contributed by atoms with Crippen LogP contribution in [0.4, 0.5) is 17.1 Å². The molecule has 2 aliphatic heterocycles. The molecule has 344 valence electrons. The van der Waals surface area contributed by atoms with Crippen LogP contribution < -0.4 is 19.7 Å². The first kappa shape index (κ1) is 46.0. The summed E-state index contributed by atoms with van der Waals surface area (Å²) in [5, 5.41) is 16.7. The first-order valence-corrected chi connectivity index (χ1v) is 24.9. The number of piperidine rings is 1. The Kier molecular flexibility index (Phi) is 13.8. The summed E-state index contributed by atoms with van der Waals surface area (Å²) in [6.45, 7) is 10.1. The van der Waals surface area contributed by atoms with Crippen molar-refractivity contribution in [1.82, 2.24) is 24.5 Å². The molecule has 0 bridgehead atoms. The molecule has 65 heavy (non-hydrogen) atoms. The van der Waals surface area contributed by atoms with Crippen molar-refractivity contribution in [1.29, 1.82) is 0 Å². The maximum atomic E-state index is 14.0. The van der Waals surface area contributed by atoms with Crippen LogP contribution in [-0.2, 0) is 20.7 Å². The van der Waals surface area contributed by atoms with E-state index in [1.165, 1.54) is 41.1 Å². The van der Waals surface area contributed by atoms with Gasteiger partial charge in [0.05, 0.1) is 27.5 Å². The van der Waals surface area contributed by atoms with Crippen molar-refractivity contribution in [3.05, 3.63) is 117 Å². The second-order valence-corrected chi connectivity index (χ2v) is 20.9. The van der Waals surface area contributed by atoms with E-state index >= 15 is 0 Å². The van der Waals surface area contributed by atoms with Crippen molar-refractivity contribution >= 4 is 71.9 Å². The number of likely N-dealkylation sites (tertiary alicyclic amines) is 1. The molecule has 16 nitrogen and oxygen atoms in total. The summed E-state index contributed by atoms with van der Waals surface area (Å²) < 4.78 is 58.1. The van der Waals surface area contributed by atoms with E-state index in [1.807, 2.05) is 23.1 Å². The smallest absolute Gasteiger partial charge is 0.293 e. The summed E-state index contributed by atoms with van der Waals surface area (Å²) >= 11 is 6.24. The molecule has 2 aromatic heterocycles. The number of hydrogen-bond acceptors (Lipinski definition) is 13. The number of aromatic nitrogens is 2. The monoisotopic (exact) mass is 944 g/mol. The molecule has 3 N–H and O–H groups in total. The lowest BCUT2D eigenvalue weighted by molar-refractivity contribution is -0.384. The SMILES string of the molecule is CC1(C)CCC(CN2CCN(c3ccc(C(=O)NS(=O)(=O)c4ccc(NCC5CCN(C[SH](=O)=O)CC5)c([N+](=O)[O-])c4)c(Oc4cnc5[nH]ccc5c4)c3)CC2)=C(c2ccc(Cl)cc2)C1. The van der Waals surface area contributed by atoms with Crippen molar-refractivity contribution in [3.63, 3.8) is 0 Å². The fourth-order valence-corrected chi connectivity index (χ4v) is 10.7. The summed E-state index contributed by atoms with van der Waals surface area (Å²) in [6, 6.07) is 20.2. The number of anilines is 2. The maximum absolute atomic E-state index is 14.0. The molecule has 0 saturated carbocycles. The Morgan fingerprint density at radius 1 is 0.985 bits per heavy atom. The summed E-state index contributed by atoms with van der Waals surface area (Å²) in [7, 11) is -7.12. The zero-order valence-electron chi connectivity index (χ0n) is 36.3. The Morgan fingerprint density at radius 2 is 1.74 bits per heavy atom. The molecular formula is C46H53ClN8O8S2. The number of rotatable bonds is 15. The Bertz CT molecular complexity index is 2790. The highest BCUT2D eigenvalue weighted by molar-refractivity contribution is 7.90. The number of nitrogens with zero attached hydrogens (tertiary/aromatic N) is 5. The van der Waals surface area contributed by atoms with Crippen molar-refractivity contribution in [2.45, 2.75) is 50.8 Å². The number of amides is 1. The van der Waals surface area contributed by atoms with Crippen LogP contribution in [0, 0.1) is 21.4 Å². The third-order valence-corrected chi connectivity index (χ3v) is 14.9. The van der Waals surface area contributed by atoms with Gasteiger partial charge < -0.3 is 19.9 Å². The highest BCUT2D eigenvalue weighted by atomic mass is 35.5. The van der Waals surface area contributed by atoms with Gasteiger partial charge >= 0.3 is 0 Å². The minimum absolute atomic E-state index is 0.00106. The number of nitrogens with one attached hydrogen (secondary N) is 3. The number of piperazine rings is 1. The van der Waals surface area contributed by atoms with Crippen LogP contribution in [0.3, 0.4) is 0 Å². The van der Waals surface area contributed by atoms with E-state index in [4.69, 9.17) is 16.3 Å². The highest BCUT2D eigenvalue weighted by Gasteiger charge is 2.31. The standard InChI is InChI=1S/C46H53ClN8O8S2/c1-46(2)15-11-34(40(26-46)32-3-5-35(47)6-4-32)29-52-19-21-54(22-20-52)36-7-9-39(43(24-36)63-37-23-33-12-16-48-44(33)50-28-37)45(56)51-65(61,62)38-8-10-41(42(25-38)55(57)58)49-27-31-13-17-53(18-14-31)30-64(59)60/h3-10,12,16,23-25,28,31,49,64H,11,13-15,17-22,26-27,29-30H2,1-2H3,(H,48,50)(H,51,56). The normalized spacial score (nSPS) is 17.7. The number of aromatic amines is 1. The summed E-state index contributed by atoms with van der Waals surface area (Å²) in [4.78, 5) is 39.0. The van der Waals surface area contributed by atoms with Crippen LogP contribution in [0.2, 0.25) is 5.02 Å². The van der Waals surface area contributed by atoms with E-state index in [2.05, 4.69) is 55.8 Å². The van der Waals surface area contributed by atoms with Gasteiger partial charge in [-0.3, -0.25) is 24.7 Å². The van der Waals surface area contributed by atoms with E-state index in [0.717, 1.165) is 61.1 Å². The largest absolute Gasteiger partial charge is 0.455 e. The van der Waals surface area contributed by atoms with Crippen LogP contribution in [0.25, 0.3) is 16.6 Å². The Morgan fingerprint density at radius 3 is 2.46 bits per heavy atom. The van der Waals surface area contributed by atoms with Gasteiger partial charge in [-0.2, -0.15) is 0 Å². The summed E-state index contributed by atoms with van der Waals surface area (Å²) in [6.07, 6.45) is 7.83. The van der Waals surface area contributed by atoms with Crippen LogP contribution in [0.5, 0.6) is 11.5 Å². The van der Waals surface area contributed by atoms with E-state index in [0.29, 0.717) is 57.0 Å². The van der Waals surface area contributed by atoms with E-state index in [-0.39, 0.29) is 34.2 Å². The number of thiol groups is 1. The number of fused-ring (bicyclic) bond motifs is 1. The molecule has 1 aliphatic carbocycles. The highest BCUT2D eigenvalue weighted by Crippen LogP contribution is 2.43. The molecule has 19 heteroatoms. The zero-order valence-corrected chi connectivity index (χ0v) is 38.8. The first-order chi connectivity index (χ1) is 31.1. The predicted octanol–water partition coefficient (Wildman–Crippen LogP) is 7.51. The lowest BCUT2D eigenvalue weighted by atomic mass is 9.72. The number of pyridine rings is 1. The lowest BCUT2D eigenvalue weighted by Crippen LogP contribution is -2.47. The number of ether oxygens (including phenoxy) is 1. The van der Waals surface area contributed by atoms with Gasteiger partial charge in [-0.1, -0.05) is 43.2 Å². The second-order valence-electron chi connectivity index (χ2n) is 17.8. The molecule has 3 aliphatic rings. The van der Waals surface area contributed by atoms with Gasteiger partial charge in [0.25, 0.3) is 21.6 Å². The number of hydrogen-bond donors (Lipinski definition) is 4. The Labute approximate surface area is 385 Å². The Hall–Kier alpha value is -5.53. The van der Waals surface area contributed by atoms with Gasteiger partial charge in [-0.05, 0) is 116 Å². The van der Waals surface area contributed by atoms with Crippen LogP contribution in [-0.4, -0.2) is 106 Å². The molecule has 2 saturated heterocycles. The number of sulfonamides is 1. The average Bonchev–Trinajstić information content (AvgIpc) is 3.75. The van der Waals surface area contributed by atoms with Gasteiger partial charge in [-0.15, -0.1) is 0 Å². The van der Waals surface area contributed by atoms with Crippen LogP contribution >= 0.6 is 11.6 Å². The number of H-pyrrole nitrogens is 1. The second kappa shape index (κ2) is 19.5. The molecule has 3 aromatic carbocycles. The van der Waals surface area contributed by atoms with E-state index in [1.54, 1.807) is 24.4 Å². The number of carbonyl (C=O) groups excluding carboxylic acids is 1. The molecule has 0 atom stereocenters. The molecule has 8 rings (SSSR count). The third kappa shape index (κ3) is 11.3. The van der Waals surface area contributed by atoms with Gasteiger partial charge in [-0.25, -0.2) is 26.5 Å². The predicted molar refractivity (Wildman–Crippen MR) is 253 cm³/mol. The zero-order chi connectivity index (χ0) is 45.9. The third-order valence-electron chi connectivity index (χ3n) is 12.6. The van der Waals surface area contributed by atoms with E-state index in [9.17, 15) is 31.7 Å². The van der Waals surface area contributed by atoms with Crippen LogP contribution in [0.1, 0.15) is 61.9 Å². The van der Waals surface area contributed by atoms with Crippen molar-refractivity contribution < 1.29 is 31.3 Å². The molecule has 1 amide bonds. The quantitative estimate of drug-likeness (QED) is 0.0457. The summed E-state index contributed by atoms with van der Waals surface area (Å²) in [5.41, 5.74) is 5.33. The van der Waals surface area contributed by atoms with E-state index < -0.39 is 42.1 Å². The molecule has 0 radical (unpaired) electrons. The van der Waals surface area contributed by atoms with Gasteiger partial charge in [0.1, 0.15) is 22.8 Å². The van der Waals surface area contributed by atoms with Crippen molar-refractivity contribution in [2.75, 3.05) is 68.5 Å². The number of nitro benzene ring substituents is 1. The minimum Gasteiger partial charge on any atom is -0.455 e. The van der Waals surface area contributed by atoms with Gasteiger partial charge in [0.15, 0.2) is 10.7 Å². The molecule has 4 heterocycles.